The largest absolute Gasteiger partial charge is 0.384 e. The Kier molecular flexibility index (Phi) is 5.51. The van der Waals surface area contributed by atoms with Crippen LogP contribution in [0.2, 0.25) is 4.34 Å². The van der Waals surface area contributed by atoms with E-state index < -0.39 is 21.4 Å². The molecule has 0 amide bonds. The van der Waals surface area contributed by atoms with E-state index in [4.69, 9.17) is 11.6 Å². The maximum absolute atomic E-state index is 13.0. The summed E-state index contributed by atoms with van der Waals surface area (Å²) in [6.07, 6.45) is 3.66. The second-order valence-electron chi connectivity index (χ2n) is 7.68. The molecule has 0 saturated carbocycles. The van der Waals surface area contributed by atoms with E-state index >= 15 is 0 Å². The number of sulfone groups is 1. The maximum Gasteiger partial charge on any atom is 0.266 e. The van der Waals surface area contributed by atoms with Crippen molar-refractivity contribution in [3.8, 4) is 5.82 Å². The first-order valence-corrected chi connectivity index (χ1v) is 12.9. The zero-order valence-corrected chi connectivity index (χ0v) is 19.5. The second-order valence-corrected chi connectivity index (χ2v) is 11.6. The molecule has 8 nitrogen and oxygen atoms in total. The Morgan fingerprint density at radius 3 is 2.76 bits per heavy atom. The Balaban J connectivity index is 1.35. The first kappa shape index (κ1) is 21.7. The number of carbonyl (C=O) groups excluding carboxylic acids is 1. The Bertz CT molecular complexity index is 1560. The summed E-state index contributed by atoms with van der Waals surface area (Å²) in [6.45, 7) is 0.837. The van der Waals surface area contributed by atoms with Crippen LogP contribution in [-0.2, 0) is 27.5 Å². The Hall–Kier alpha value is -3.08. The number of pyridine rings is 1. The topological polar surface area (TPSA) is 111 Å². The first-order valence-electron chi connectivity index (χ1n) is 10.0. The van der Waals surface area contributed by atoms with Crippen LogP contribution in [0.4, 0.5) is 5.69 Å². The van der Waals surface area contributed by atoms with Gasteiger partial charge >= 0.3 is 0 Å². The molecule has 1 aliphatic heterocycles. The van der Waals surface area contributed by atoms with Gasteiger partial charge in [0, 0.05) is 24.8 Å². The minimum Gasteiger partial charge on any atom is -0.384 e. The number of rotatable bonds is 6. The molecule has 0 fully saturated rings. The zero-order chi connectivity index (χ0) is 23.2. The van der Waals surface area contributed by atoms with Crippen LogP contribution in [0, 0.1) is 0 Å². The van der Waals surface area contributed by atoms with Crippen molar-refractivity contribution in [2.75, 3.05) is 17.6 Å². The summed E-state index contributed by atoms with van der Waals surface area (Å²) in [5, 5.41) is 3.79. The fourth-order valence-electron chi connectivity index (χ4n) is 3.77. The number of anilines is 1. The fourth-order valence-corrected chi connectivity index (χ4v) is 6.58. The van der Waals surface area contributed by atoms with Crippen LogP contribution in [-0.4, -0.2) is 41.0 Å². The van der Waals surface area contributed by atoms with Crippen LogP contribution in [0.15, 0.2) is 57.9 Å². The van der Waals surface area contributed by atoms with E-state index in [-0.39, 0.29) is 16.2 Å². The van der Waals surface area contributed by atoms with E-state index in [0.29, 0.717) is 26.6 Å². The van der Waals surface area contributed by atoms with Crippen LogP contribution in [0.1, 0.15) is 11.1 Å². The molecule has 0 unspecified atom stereocenters. The number of fused-ring (bicyclic) bond motifs is 2. The molecule has 1 aliphatic rings. The smallest absolute Gasteiger partial charge is 0.266 e. The number of hydrogen-bond donors (Lipinski definition) is 1. The molecule has 0 atom stereocenters. The molecule has 1 N–H and O–H groups in total. The standard InChI is InChI=1S/C22H17ClN4O4S2/c23-19-2-4-21(32-19)33(30,31)11-15(28)7-13-1-3-20(25-10-13)27-12-26-18-9-17-14(5-6-24-17)8-16(18)22(27)29/h1-4,8-10,12,24H,5-7,11H2. The molecule has 4 heterocycles. The number of thiophene rings is 1. The molecule has 0 saturated heterocycles. The van der Waals surface area contributed by atoms with Crippen LogP contribution in [0.3, 0.4) is 0 Å². The zero-order valence-electron chi connectivity index (χ0n) is 17.1. The Morgan fingerprint density at radius 1 is 1.18 bits per heavy atom. The van der Waals surface area contributed by atoms with Gasteiger partial charge in [-0.2, -0.15) is 0 Å². The molecule has 11 heteroatoms. The average Bonchev–Trinajstić information content (AvgIpc) is 3.42. The molecule has 0 bridgehead atoms. The summed E-state index contributed by atoms with van der Waals surface area (Å²) in [7, 11) is -3.73. The van der Waals surface area contributed by atoms with Crippen LogP contribution in [0.25, 0.3) is 16.7 Å². The van der Waals surface area contributed by atoms with Gasteiger partial charge in [-0.05, 0) is 47.9 Å². The van der Waals surface area contributed by atoms with Gasteiger partial charge in [0.2, 0.25) is 0 Å². The third-order valence-electron chi connectivity index (χ3n) is 5.36. The minimum absolute atomic E-state index is 0.0685. The monoisotopic (exact) mass is 500 g/mol. The molecule has 4 aromatic rings. The highest BCUT2D eigenvalue weighted by Gasteiger charge is 2.21. The van der Waals surface area contributed by atoms with Gasteiger partial charge in [-0.15, -0.1) is 11.3 Å². The number of nitrogens with one attached hydrogen (secondary N) is 1. The summed E-state index contributed by atoms with van der Waals surface area (Å²) in [5.41, 5.74) is 3.02. The van der Waals surface area contributed by atoms with Crippen molar-refractivity contribution in [1.82, 2.24) is 14.5 Å². The number of carbonyl (C=O) groups is 1. The fraction of sp³-hybridized carbons (Fsp3) is 0.182. The molecule has 0 aliphatic carbocycles. The van der Waals surface area contributed by atoms with Gasteiger partial charge in [-0.25, -0.2) is 18.4 Å². The third kappa shape index (κ3) is 4.29. The van der Waals surface area contributed by atoms with Crippen molar-refractivity contribution in [3.63, 3.8) is 0 Å². The number of nitrogens with zero attached hydrogens (tertiary/aromatic N) is 3. The Labute approximate surface area is 197 Å². The van der Waals surface area contributed by atoms with Crippen LogP contribution >= 0.6 is 22.9 Å². The van der Waals surface area contributed by atoms with E-state index in [1.807, 2.05) is 12.1 Å². The van der Waals surface area contributed by atoms with Gasteiger partial charge in [0.05, 0.1) is 15.2 Å². The van der Waals surface area contributed by atoms with Crippen molar-refractivity contribution in [1.29, 1.82) is 0 Å². The predicted octanol–water partition coefficient (Wildman–Crippen LogP) is 3.05. The normalized spacial score (nSPS) is 13.1. The van der Waals surface area contributed by atoms with Crippen molar-refractivity contribution >= 4 is 55.1 Å². The third-order valence-corrected chi connectivity index (χ3v) is 8.84. The van der Waals surface area contributed by atoms with Crippen LogP contribution in [0.5, 0.6) is 0 Å². The van der Waals surface area contributed by atoms with Crippen molar-refractivity contribution < 1.29 is 13.2 Å². The van der Waals surface area contributed by atoms with Gasteiger partial charge < -0.3 is 5.32 Å². The molecular formula is C22H17ClN4O4S2. The molecule has 0 radical (unpaired) electrons. The van der Waals surface area contributed by atoms with Crippen molar-refractivity contribution in [3.05, 3.63) is 74.7 Å². The molecule has 5 rings (SSSR count). The number of benzene rings is 1. The molecule has 3 aromatic heterocycles. The summed E-state index contributed by atoms with van der Waals surface area (Å²) in [5.74, 6) is -0.704. The van der Waals surface area contributed by atoms with Gasteiger partial charge in [0.1, 0.15) is 22.1 Å². The van der Waals surface area contributed by atoms with E-state index in [1.54, 1.807) is 12.1 Å². The summed E-state index contributed by atoms with van der Waals surface area (Å²) in [6, 6.07) is 9.89. The molecule has 0 spiro atoms. The number of ketones is 1. The highest BCUT2D eigenvalue weighted by atomic mass is 35.5. The van der Waals surface area contributed by atoms with E-state index in [0.717, 1.165) is 35.6 Å². The number of hydrogen-bond acceptors (Lipinski definition) is 8. The second kappa shape index (κ2) is 8.36. The number of aromatic nitrogens is 3. The summed E-state index contributed by atoms with van der Waals surface area (Å²) >= 11 is 6.72. The molecular weight excluding hydrogens is 484 g/mol. The van der Waals surface area contributed by atoms with Gasteiger partial charge in [0.25, 0.3) is 5.56 Å². The van der Waals surface area contributed by atoms with E-state index in [1.165, 1.54) is 29.2 Å². The van der Waals surface area contributed by atoms with Crippen molar-refractivity contribution in [2.24, 2.45) is 0 Å². The highest BCUT2D eigenvalue weighted by molar-refractivity contribution is 7.94. The van der Waals surface area contributed by atoms with Crippen molar-refractivity contribution in [2.45, 2.75) is 17.1 Å². The van der Waals surface area contributed by atoms with E-state index in [9.17, 15) is 18.0 Å². The molecule has 168 valence electrons. The average molecular weight is 501 g/mol. The quantitative estimate of drug-likeness (QED) is 0.433. The first-order chi connectivity index (χ1) is 15.8. The van der Waals surface area contributed by atoms with Gasteiger partial charge in [-0.1, -0.05) is 17.7 Å². The van der Waals surface area contributed by atoms with Gasteiger partial charge in [0.15, 0.2) is 15.6 Å². The lowest BCUT2D eigenvalue weighted by Crippen LogP contribution is -2.20. The lowest BCUT2D eigenvalue weighted by atomic mass is 10.1. The maximum atomic E-state index is 13.0. The lowest BCUT2D eigenvalue weighted by Gasteiger charge is -2.08. The summed E-state index contributed by atoms with van der Waals surface area (Å²) in [4.78, 5) is 34.1. The number of Topliss-reactive ketones (excluding diaryl/α,β-unsaturated/α-hetero) is 1. The van der Waals surface area contributed by atoms with Crippen LogP contribution < -0.4 is 10.9 Å². The molecule has 1 aromatic carbocycles. The molecule has 33 heavy (non-hydrogen) atoms. The lowest BCUT2D eigenvalue weighted by molar-refractivity contribution is -0.116. The minimum atomic E-state index is -3.73. The summed E-state index contributed by atoms with van der Waals surface area (Å²) < 4.78 is 26.5. The number of halogens is 1. The Morgan fingerprint density at radius 2 is 2.03 bits per heavy atom. The highest BCUT2D eigenvalue weighted by Crippen LogP contribution is 2.27. The predicted molar refractivity (Wildman–Crippen MR) is 127 cm³/mol. The van der Waals surface area contributed by atoms with Gasteiger partial charge in [-0.3, -0.25) is 14.2 Å². The SMILES string of the molecule is O=C(Cc1ccc(-n2cnc3cc4c(cc3c2=O)CCN4)nc1)CS(=O)(=O)c1ccc(Cl)s1. The van der Waals surface area contributed by atoms with E-state index in [2.05, 4.69) is 15.3 Å².